The van der Waals surface area contributed by atoms with Gasteiger partial charge in [-0.2, -0.15) is 5.26 Å². The molecule has 0 spiro atoms. The van der Waals surface area contributed by atoms with Gasteiger partial charge in [0.2, 0.25) is 5.91 Å². The smallest absolute Gasteiger partial charge is 0.227 e. The van der Waals surface area contributed by atoms with Gasteiger partial charge in [0.15, 0.2) is 0 Å². The zero-order chi connectivity index (χ0) is 15.8. The lowest BCUT2D eigenvalue weighted by Gasteiger charge is -2.21. The van der Waals surface area contributed by atoms with E-state index in [1.807, 2.05) is 12.1 Å². The highest BCUT2D eigenvalue weighted by atomic mass is 19.1. The van der Waals surface area contributed by atoms with Crippen LogP contribution >= 0.6 is 0 Å². The lowest BCUT2D eigenvalue weighted by atomic mass is 10.1. The molecule has 2 aromatic rings. The molecule has 0 aliphatic carbocycles. The Hall–Kier alpha value is -2.74. The van der Waals surface area contributed by atoms with Crippen LogP contribution in [0.25, 0.3) is 0 Å². The third-order valence-corrected chi connectivity index (χ3v) is 3.21. The van der Waals surface area contributed by atoms with Gasteiger partial charge < -0.3 is 4.90 Å². The molecule has 0 fully saturated rings. The van der Waals surface area contributed by atoms with Gasteiger partial charge in [-0.1, -0.05) is 18.2 Å². The van der Waals surface area contributed by atoms with Crippen molar-refractivity contribution in [3.8, 4) is 6.07 Å². The second-order valence-electron chi connectivity index (χ2n) is 4.89. The summed E-state index contributed by atoms with van der Waals surface area (Å²) in [5.41, 5.74) is 1.66. The first-order valence-electron chi connectivity index (χ1n) is 6.97. The summed E-state index contributed by atoms with van der Waals surface area (Å²) < 4.78 is 12.9. The van der Waals surface area contributed by atoms with Gasteiger partial charge in [0.25, 0.3) is 0 Å². The Morgan fingerprint density at radius 1 is 1.23 bits per heavy atom. The lowest BCUT2D eigenvalue weighted by molar-refractivity contribution is -0.131. The zero-order valence-corrected chi connectivity index (χ0v) is 12.1. The van der Waals surface area contributed by atoms with Gasteiger partial charge in [0, 0.05) is 25.5 Å². The van der Waals surface area contributed by atoms with E-state index < -0.39 is 0 Å². The minimum atomic E-state index is -0.326. The number of amides is 1. The molecule has 22 heavy (non-hydrogen) atoms. The van der Waals surface area contributed by atoms with Crippen LogP contribution in [0.4, 0.5) is 4.39 Å². The Balaban J connectivity index is 2.05. The first kappa shape index (κ1) is 15.6. The van der Waals surface area contributed by atoms with Crippen molar-refractivity contribution in [3.63, 3.8) is 0 Å². The highest BCUT2D eigenvalue weighted by Gasteiger charge is 2.14. The number of carbonyl (C=O) groups is 1. The predicted molar refractivity (Wildman–Crippen MR) is 80.0 cm³/mol. The van der Waals surface area contributed by atoms with E-state index in [1.165, 1.54) is 12.1 Å². The van der Waals surface area contributed by atoms with Crippen molar-refractivity contribution < 1.29 is 9.18 Å². The second kappa shape index (κ2) is 7.89. The molecule has 1 aromatic heterocycles. The molecule has 1 heterocycles. The molecule has 1 aromatic carbocycles. The van der Waals surface area contributed by atoms with E-state index in [2.05, 4.69) is 11.1 Å². The van der Waals surface area contributed by atoms with Crippen molar-refractivity contribution in [2.75, 3.05) is 6.54 Å². The maximum absolute atomic E-state index is 12.9. The number of carbonyl (C=O) groups excluding carboxylic acids is 1. The molecule has 0 N–H and O–H groups in total. The van der Waals surface area contributed by atoms with E-state index in [0.29, 0.717) is 13.1 Å². The number of nitrogens with zero attached hydrogens (tertiary/aromatic N) is 3. The van der Waals surface area contributed by atoms with Crippen LogP contribution in [0, 0.1) is 17.1 Å². The van der Waals surface area contributed by atoms with Gasteiger partial charge in [0.05, 0.1) is 18.9 Å². The first-order valence-corrected chi connectivity index (χ1v) is 6.97. The molecule has 0 aliphatic heterocycles. The van der Waals surface area contributed by atoms with Crippen molar-refractivity contribution in [2.45, 2.75) is 19.4 Å². The van der Waals surface area contributed by atoms with Crippen LogP contribution < -0.4 is 0 Å². The van der Waals surface area contributed by atoms with Gasteiger partial charge in [-0.15, -0.1) is 0 Å². The van der Waals surface area contributed by atoms with Crippen LogP contribution in [0.3, 0.4) is 0 Å². The van der Waals surface area contributed by atoms with Crippen LogP contribution in [0.15, 0.2) is 48.8 Å². The topological polar surface area (TPSA) is 57.0 Å². The van der Waals surface area contributed by atoms with Gasteiger partial charge in [-0.05, 0) is 29.3 Å². The van der Waals surface area contributed by atoms with Gasteiger partial charge in [-0.25, -0.2) is 4.39 Å². The summed E-state index contributed by atoms with van der Waals surface area (Å²) in [7, 11) is 0. The highest BCUT2D eigenvalue weighted by Crippen LogP contribution is 2.09. The average molecular weight is 297 g/mol. The Kier molecular flexibility index (Phi) is 5.61. The molecular formula is C17H16FN3O. The summed E-state index contributed by atoms with van der Waals surface area (Å²) in [6, 6.07) is 11.6. The second-order valence-corrected chi connectivity index (χ2v) is 4.89. The van der Waals surface area contributed by atoms with E-state index in [0.717, 1.165) is 11.1 Å². The van der Waals surface area contributed by atoms with Crippen molar-refractivity contribution in [2.24, 2.45) is 0 Å². The molecule has 0 radical (unpaired) electrons. The van der Waals surface area contributed by atoms with E-state index in [4.69, 9.17) is 5.26 Å². The molecule has 1 amide bonds. The molecule has 2 rings (SSSR count). The molecular weight excluding hydrogens is 281 g/mol. The molecule has 0 saturated heterocycles. The van der Waals surface area contributed by atoms with Gasteiger partial charge in [-0.3, -0.25) is 9.78 Å². The van der Waals surface area contributed by atoms with Crippen LogP contribution in [0.1, 0.15) is 17.5 Å². The molecule has 0 atom stereocenters. The largest absolute Gasteiger partial charge is 0.337 e. The van der Waals surface area contributed by atoms with Crippen LogP contribution in [0.2, 0.25) is 0 Å². The Morgan fingerprint density at radius 3 is 2.64 bits per heavy atom. The maximum Gasteiger partial charge on any atom is 0.227 e. The number of rotatable bonds is 6. The van der Waals surface area contributed by atoms with Gasteiger partial charge in [0.1, 0.15) is 5.82 Å². The third kappa shape index (κ3) is 4.67. The zero-order valence-electron chi connectivity index (χ0n) is 12.1. The monoisotopic (exact) mass is 297 g/mol. The third-order valence-electron chi connectivity index (χ3n) is 3.21. The number of benzene rings is 1. The van der Waals surface area contributed by atoms with Crippen LogP contribution in [-0.2, 0) is 17.8 Å². The number of nitriles is 1. The van der Waals surface area contributed by atoms with Crippen molar-refractivity contribution >= 4 is 5.91 Å². The van der Waals surface area contributed by atoms with E-state index >= 15 is 0 Å². The lowest BCUT2D eigenvalue weighted by Crippen LogP contribution is -2.32. The minimum absolute atomic E-state index is 0.0919. The number of pyridine rings is 1. The molecule has 0 aliphatic rings. The number of aromatic nitrogens is 1. The Morgan fingerprint density at radius 2 is 2.00 bits per heavy atom. The first-order chi connectivity index (χ1) is 10.7. The molecule has 0 saturated carbocycles. The van der Waals surface area contributed by atoms with Crippen molar-refractivity contribution in [1.82, 2.24) is 9.88 Å². The van der Waals surface area contributed by atoms with E-state index in [9.17, 15) is 9.18 Å². The summed E-state index contributed by atoms with van der Waals surface area (Å²) in [5.74, 6) is -0.418. The maximum atomic E-state index is 12.9. The summed E-state index contributed by atoms with van der Waals surface area (Å²) in [4.78, 5) is 18.1. The fraction of sp³-hybridized carbons (Fsp3) is 0.235. The molecule has 5 heteroatoms. The van der Waals surface area contributed by atoms with E-state index in [-0.39, 0.29) is 24.6 Å². The summed E-state index contributed by atoms with van der Waals surface area (Å²) in [6.07, 6.45) is 3.83. The standard InChI is InChI=1S/C17H16FN3O/c18-16-6-4-14(5-7-16)11-17(22)21(10-2-8-19)13-15-3-1-9-20-12-15/h1,3-7,9,12H,2,10-11,13H2. The van der Waals surface area contributed by atoms with Crippen LogP contribution in [0.5, 0.6) is 0 Å². The van der Waals surface area contributed by atoms with Gasteiger partial charge >= 0.3 is 0 Å². The molecule has 112 valence electrons. The normalized spacial score (nSPS) is 10.0. The number of hydrogen-bond donors (Lipinski definition) is 0. The Labute approximate surface area is 128 Å². The Bertz CT molecular complexity index is 650. The average Bonchev–Trinajstić information content (AvgIpc) is 2.54. The minimum Gasteiger partial charge on any atom is -0.337 e. The SMILES string of the molecule is N#CCCN(Cc1cccnc1)C(=O)Cc1ccc(F)cc1. The molecule has 0 bridgehead atoms. The van der Waals surface area contributed by atoms with Crippen molar-refractivity contribution in [3.05, 3.63) is 65.7 Å². The van der Waals surface area contributed by atoms with Crippen molar-refractivity contribution in [1.29, 1.82) is 5.26 Å². The fourth-order valence-electron chi connectivity index (χ4n) is 2.08. The highest BCUT2D eigenvalue weighted by molar-refractivity contribution is 5.78. The van der Waals surface area contributed by atoms with Crippen LogP contribution in [-0.4, -0.2) is 22.3 Å². The fourth-order valence-corrected chi connectivity index (χ4v) is 2.08. The summed E-state index contributed by atoms with van der Waals surface area (Å²) in [6.45, 7) is 0.779. The summed E-state index contributed by atoms with van der Waals surface area (Å²) >= 11 is 0. The van der Waals surface area contributed by atoms with E-state index in [1.54, 1.807) is 29.4 Å². The summed E-state index contributed by atoms with van der Waals surface area (Å²) in [5, 5.41) is 8.74. The predicted octanol–water partition coefficient (Wildman–Crippen LogP) is 2.71. The molecule has 4 nitrogen and oxygen atoms in total. The quantitative estimate of drug-likeness (QED) is 0.823. The molecule has 0 unspecified atom stereocenters. The number of halogens is 1. The number of hydrogen-bond acceptors (Lipinski definition) is 3.